The van der Waals surface area contributed by atoms with E-state index >= 15 is 0 Å². The van der Waals surface area contributed by atoms with Gasteiger partial charge in [0, 0.05) is 17.8 Å². The summed E-state index contributed by atoms with van der Waals surface area (Å²) in [6.07, 6.45) is 2.35. The molecule has 0 saturated heterocycles. The second-order valence-corrected chi connectivity index (χ2v) is 4.65. The van der Waals surface area contributed by atoms with Gasteiger partial charge >= 0.3 is 0 Å². The van der Waals surface area contributed by atoms with Crippen LogP contribution < -0.4 is 10.1 Å². The van der Waals surface area contributed by atoms with Gasteiger partial charge in [-0.2, -0.15) is 0 Å². The third kappa shape index (κ3) is 3.55. The SMILES string of the molecule is CCCNC(c1ccc(OC)cc1F)c1ncccc1F. The van der Waals surface area contributed by atoms with Gasteiger partial charge in [0.25, 0.3) is 0 Å². The van der Waals surface area contributed by atoms with Crippen LogP contribution in [-0.2, 0) is 0 Å². The molecule has 2 rings (SSSR count). The molecular formula is C16H18F2N2O. The van der Waals surface area contributed by atoms with Gasteiger partial charge in [0.1, 0.15) is 17.4 Å². The summed E-state index contributed by atoms with van der Waals surface area (Å²) in [6, 6.07) is 6.74. The first-order chi connectivity index (χ1) is 10.2. The normalized spacial score (nSPS) is 12.2. The summed E-state index contributed by atoms with van der Waals surface area (Å²) in [7, 11) is 1.47. The first kappa shape index (κ1) is 15.4. The number of methoxy groups -OCH3 is 1. The molecular weight excluding hydrogens is 274 g/mol. The van der Waals surface area contributed by atoms with Crippen LogP contribution in [-0.4, -0.2) is 18.6 Å². The number of pyridine rings is 1. The number of hydrogen-bond donors (Lipinski definition) is 1. The topological polar surface area (TPSA) is 34.1 Å². The predicted octanol–water partition coefficient (Wildman–Crippen LogP) is 3.46. The fraction of sp³-hybridized carbons (Fsp3) is 0.312. The van der Waals surface area contributed by atoms with Crippen molar-refractivity contribution < 1.29 is 13.5 Å². The van der Waals surface area contributed by atoms with Gasteiger partial charge in [-0.05, 0) is 31.2 Å². The molecule has 0 spiro atoms. The Morgan fingerprint density at radius 2 is 2.05 bits per heavy atom. The average molecular weight is 292 g/mol. The first-order valence-corrected chi connectivity index (χ1v) is 6.84. The zero-order valence-electron chi connectivity index (χ0n) is 12.1. The molecule has 0 fully saturated rings. The van der Waals surface area contributed by atoms with Crippen molar-refractivity contribution in [3.05, 3.63) is 59.4 Å². The molecule has 1 aromatic carbocycles. The van der Waals surface area contributed by atoms with E-state index in [1.54, 1.807) is 12.1 Å². The van der Waals surface area contributed by atoms with E-state index in [0.717, 1.165) is 6.42 Å². The Bertz CT molecular complexity index is 605. The Morgan fingerprint density at radius 3 is 2.67 bits per heavy atom. The van der Waals surface area contributed by atoms with Crippen molar-refractivity contribution in [2.45, 2.75) is 19.4 Å². The van der Waals surface area contributed by atoms with Crippen molar-refractivity contribution in [1.82, 2.24) is 10.3 Å². The molecule has 21 heavy (non-hydrogen) atoms. The Hall–Kier alpha value is -2.01. The van der Waals surface area contributed by atoms with E-state index < -0.39 is 17.7 Å². The second-order valence-electron chi connectivity index (χ2n) is 4.65. The quantitative estimate of drug-likeness (QED) is 0.885. The maximum atomic E-state index is 14.3. The summed E-state index contributed by atoms with van der Waals surface area (Å²) >= 11 is 0. The molecule has 0 amide bonds. The molecule has 112 valence electrons. The summed E-state index contributed by atoms with van der Waals surface area (Å²) in [5.41, 5.74) is 0.539. The van der Waals surface area contributed by atoms with E-state index in [4.69, 9.17) is 4.74 Å². The number of halogens is 2. The van der Waals surface area contributed by atoms with Crippen LogP contribution in [0.1, 0.15) is 30.6 Å². The van der Waals surface area contributed by atoms with E-state index in [1.165, 1.54) is 31.5 Å². The lowest BCUT2D eigenvalue weighted by atomic mass is 10.0. The standard InChI is InChI=1S/C16H18F2N2O/c1-3-8-19-15(16-13(17)5-4-9-20-16)12-7-6-11(21-2)10-14(12)18/h4-7,9-10,15,19H,3,8H2,1-2H3. The van der Waals surface area contributed by atoms with Crippen LogP contribution >= 0.6 is 0 Å². The van der Waals surface area contributed by atoms with Crippen LogP contribution in [0.3, 0.4) is 0 Å². The number of hydrogen-bond acceptors (Lipinski definition) is 3. The number of aromatic nitrogens is 1. The highest BCUT2D eigenvalue weighted by Gasteiger charge is 2.22. The molecule has 0 aliphatic rings. The molecule has 1 unspecified atom stereocenters. The predicted molar refractivity (Wildman–Crippen MR) is 77.3 cm³/mol. The molecule has 0 saturated carbocycles. The van der Waals surface area contributed by atoms with Crippen molar-refractivity contribution in [3.63, 3.8) is 0 Å². The molecule has 1 N–H and O–H groups in total. The van der Waals surface area contributed by atoms with Crippen LogP contribution in [0.2, 0.25) is 0 Å². The Balaban J connectivity index is 2.43. The minimum atomic E-state index is -0.628. The third-order valence-corrected chi connectivity index (χ3v) is 3.18. The van der Waals surface area contributed by atoms with Crippen LogP contribution in [0.5, 0.6) is 5.75 Å². The second kappa shape index (κ2) is 7.13. The Labute approximate surface area is 123 Å². The molecule has 0 aliphatic carbocycles. The molecule has 1 aromatic heterocycles. The maximum absolute atomic E-state index is 14.3. The van der Waals surface area contributed by atoms with E-state index in [-0.39, 0.29) is 5.69 Å². The number of benzene rings is 1. The summed E-state index contributed by atoms with van der Waals surface area (Å²) in [5, 5.41) is 3.14. The van der Waals surface area contributed by atoms with E-state index in [0.29, 0.717) is 17.9 Å². The van der Waals surface area contributed by atoms with Gasteiger partial charge in [-0.25, -0.2) is 8.78 Å². The smallest absolute Gasteiger partial charge is 0.146 e. The summed E-state index contributed by atoms with van der Waals surface area (Å²) in [4.78, 5) is 4.06. The van der Waals surface area contributed by atoms with E-state index in [1.807, 2.05) is 6.92 Å². The van der Waals surface area contributed by atoms with Gasteiger partial charge in [0.2, 0.25) is 0 Å². The van der Waals surface area contributed by atoms with Gasteiger partial charge in [-0.15, -0.1) is 0 Å². The highest BCUT2D eigenvalue weighted by atomic mass is 19.1. The number of rotatable bonds is 6. The van der Waals surface area contributed by atoms with Gasteiger partial charge < -0.3 is 10.1 Å². The van der Waals surface area contributed by atoms with Crippen molar-refractivity contribution in [2.75, 3.05) is 13.7 Å². The van der Waals surface area contributed by atoms with Gasteiger partial charge in [0.05, 0.1) is 18.8 Å². The number of nitrogens with zero attached hydrogens (tertiary/aromatic N) is 1. The van der Waals surface area contributed by atoms with Gasteiger partial charge in [-0.1, -0.05) is 13.0 Å². The van der Waals surface area contributed by atoms with Gasteiger partial charge in [-0.3, -0.25) is 4.98 Å². The zero-order chi connectivity index (χ0) is 15.2. The lowest BCUT2D eigenvalue weighted by Crippen LogP contribution is -2.26. The molecule has 2 aromatic rings. The van der Waals surface area contributed by atoms with Crippen LogP contribution in [0, 0.1) is 11.6 Å². The van der Waals surface area contributed by atoms with E-state index in [9.17, 15) is 8.78 Å². The maximum Gasteiger partial charge on any atom is 0.146 e. The first-order valence-electron chi connectivity index (χ1n) is 6.84. The lowest BCUT2D eigenvalue weighted by molar-refractivity contribution is 0.409. The van der Waals surface area contributed by atoms with Crippen molar-refractivity contribution in [2.24, 2.45) is 0 Å². The molecule has 0 radical (unpaired) electrons. The number of nitrogens with one attached hydrogen (secondary N) is 1. The largest absolute Gasteiger partial charge is 0.497 e. The molecule has 5 heteroatoms. The van der Waals surface area contributed by atoms with E-state index in [2.05, 4.69) is 10.3 Å². The molecule has 1 heterocycles. The lowest BCUT2D eigenvalue weighted by Gasteiger charge is -2.20. The third-order valence-electron chi connectivity index (χ3n) is 3.18. The molecule has 0 bridgehead atoms. The van der Waals surface area contributed by atoms with Crippen LogP contribution in [0.4, 0.5) is 8.78 Å². The highest BCUT2D eigenvalue weighted by molar-refractivity contribution is 5.35. The highest BCUT2D eigenvalue weighted by Crippen LogP contribution is 2.27. The summed E-state index contributed by atoms with van der Waals surface area (Å²) < 4.78 is 33.2. The Morgan fingerprint density at radius 1 is 1.24 bits per heavy atom. The summed E-state index contributed by atoms with van der Waals surface area (Å²) in [5.74, 6) is -0.485. The fourth-order valence-electron chi connectivity index (χ4n) is 2.12. The Kier molecular flexibility index (Phi) is 5.22. The average Bonchev–Trinajstić information content (AvgIpc) is 2.50. The molecule has 0 aliphatic heterocycles. The minimum absolute atomic E-state index is 0.190. The van der Waals surface area contributed by atoms with Crippen molar-refractivity contribution >= 4 is 0 Å². The van der Waals surface area contributed by atoms with Crippen molar-refractivity contribution in [3.8, 4) is 5.75 Å². The molecule has 3 nitrogen and oxygen atoms in total. The number of ether oxygens (including phenoxy) is 1. The zero-order valence-corrected chi connectivity index (χ0v) is 12.1. The van der Waals surface area contributed by atoms with Crippen molar-refractivity contribution in [1.29, 1.82) is 0 Å². The fourth-order valence-corrected chi connectivity index (χ4v) is 2.12. The van der Waals surface area contributed by atoms with Gasteiger partial charge in [0.15, 0.2) is 0 Å². The van der Waals surface area contributed by atoms with Crippen LogP contribution in [0.15, 0.2) is 36.5 Å². The monoisotopic (exact) mass is 292 g/mol. The summed E-state index contributed by atoms with van der Waals surface area (Å²) in [6.45, 7) is 2.62. The van der Waals surface area contributed by atoms with Crippen LogP contribution in [0.25, 0.3) is 0 Å². The minimum Gasteiger partial charge on any atom is -0.497 e. The molecule has 1 atom stereocenters.